The third kappa shape index (κ3) is 4.61. The van der Waals surface area contributed by atoms with Gasteiger partial charge in [-0.2, -0.15) is 0 Å². The predicted octanol–water partition coefficient (Wildman–Crippen LogP) is 4.35. The van der Waals surface area contributed by atoms with Gasteiger partial charge in [0.05, 0.1) is 16.8 Å². The smallest absolute Gasteiger partial charge is 0.256 e. The first-order valence-corrected chi connectivity index (χ1v) is 11.4. The SMILES string of the molecule is Cc1cccc(CN2CCCN(C(=O)c3c(-c4ccccc4)nnc4ccccc34)CC2)n1. The molecule has 1 fully saturated rings. The van der Waals surface area contributed by atoms with E-state index in [1.807, 2.05) is 72.5 Å². The lowest BCUT2D eigenvalue weighted by Gasteiger charge is -2.23. The van der Waals surface area contributed by atoms with E-state index in [0.29, 0.717) is 17.8 Å². The number of benzene rings is 2. The van der Waals surface area contributed by atoms with Gasteiger partial charge in [0.2, 0.25) is 0 Å². The van der Waals surface area contributed by atoms with Crippen molar-refractivity contribution in [2.75, 3.05) is 26.2 Å². The average Bonchev–Trinajstić information content (AvgIpc) is 3.09. The molecule has 0 unspecified atom stereocenters. The highest BCUT2D eigenvalue weighted by molar-refractivity contribution is 6.10. The quantitative estimate of drug-likeness (QED) is 0.475. The number of hydrogen-bond donors (Lipinski definition) is 0. The summed E-state index contributed by atoms with van der Waals surface area (Å²) in [6.07, 6.45) is 0.925. The Labute approximate surface area is 193 Å². The van der Waals surface area contributed by atoms with Crippen LogP contribution in [0.5, 0.6) is 0 Å². The van der Waals surface area contributed by atoms with Crippen molar-refractivity contribution in [2.45, 2.75) is 19.9 Å². The number of nitrogens with zero attached hydrogens (tertiary/aromatic N) is 5. The van der Waals surface area contributed by atoms with Gasteiger partial charge in [0.15, 0.2) is 0 Å². The second-order valence-corrected chi connectivity index (χ2v) is 8.50. The fraction of sp³-hybridized carbons (Fsp3) is 0.259. The Hall–Kier alpha value is -3.64. The molecule has 5 rings (SSSR count). The maximum Gasteiger partial charge on any atom is 0.256 e. The van der Waals surface area contributed by atoms with E-state index in [0.717, 1.165) is 60.5 Å². The lowest BCUT2D eigenvalue weighted by Crippen LogP contribution is -2.35. The highest BCUT2D eigenvalue weighted by Crippen LogP contribution is 2.28. The van der Waals surface area contributed by atoms with E-state index < -0.39 is 0 Å². The molecule has 4 aromatic rings. The highest BCUT2D eigenvalue weighted by Gasteiger charge is 2.26. The summed E-state index contributed by atoms with van der Waals surface area (Å²) in [5.74, 6) is 0.0236. The van der Waals surface area contributed by atoms with E-state index in [1.54, 1.807) is 0 Å². The zero-order chi connectivity index (χ0) is 22.6. The van der Waals surface area contributed by atoms with Crippen LogP contribution in [0.15, 0.2) is 72.8 Å². The second-order valence-electron chi connectivity index (χ2n) is 8.50. The molecular weight excluding hydrogens is 410 g/mol. The first-order valence-electron chi connectivity index (χ1n) is 11.4. The van der Waals surface area contributed by atoms with E-state index in [4.69, 9.17) is 0 Å². The minimum Gasteiger partial charge on any atom is -0.337 e. The van der Waals surface area contributed by atoms with Crippen molar-refractivity contribution < 1.29 is 4.79 Å². The van der Waals surface area contributed by atoms with Crippen LogP contribution in [0.4, 0.5) is 0 Å². The largest absolute Gasteiger partial charge is 0.337 e. The van der Waals surface area contributed by atoms with E-state index >= 15 is 0 Å². The van der Waals surface area contributed by atoms with Gasteiger partial charge >= 0.3 is 0 Å². The Balaban J connectivity index is 1.43. The molecule has 1 aliphatic heterocycles. The lowest BCUT2D eigenvalue weighted by atomic mass is 10.0. The van der Waals surface area contributed by atoms with Gasteiger partial charge in [-0.1, -0.05) is 54.6 Å². The molecule has 33 heavy (non-hydrogen) atoms. The molecule has 0 saturated carbocycles. The van der Waals surface area contributed by atoms with Gasteiger partial charge in [0.25, 0.3) is 5.91 Å². The molecule has 0 N–H and O–H groups in total. The van der Waals surface area contributed by atoms with Crippen LogP contribution in [0.2, 0.25) is 0 Å². The first kappa shape index (κ1) is 21.2. The van der Waals surface area contributed by atoms with Crippen molar-refractivity contribution in [2.24, 2.45) is 0 Å². The maximum atomic E-state index is 13.9. The van der Waals surface area contributed by atoms with Crippen LogP contribution in [0.25, 0.3) is 22.2 Å². The third-order valence-electron chi connectivity index (χ3n) is 6.14. The molecule has 2 aromatic carbocycles. The Bertz CT molecular complexity index is 1270. The number of rotatable bonds is 4. The minimum absolute atomic E-state index is 0.0236. The van der Waals surface area contributed by atoms with Crippen LogP contribution in [-0.4, -0.2) is 57.1 Å². The highest BCUT2D eigenvalue weighted by atomic mass is 16.2. The molecule has 3 heterocycles. The summed E-state index contributed by atoms with van der Waals surface area (Å²) in [6, 6.07) is 23.8. The van der Waals surface area contributed by atoms with Crippen LogP contribution in [0.1, 0.15) is 28.2 Å². The standard InChI is InChI=1S/C27H27N5O/c1-20-9-7-12-22(28-20)19-31-15-8-16-32(18-17-31)27(33)25-23-13-5-6-14-24(23)29-30-26(25)21-10-3-2-4-11-21/h2-7,9-14H,8,15-19H2,1H3. The van der Waals surface area contributed by atoms with Crippen molar-refractivity contribution in [3.8, 4) is 11.3 Å². The van der Waals surface area contributed by atoms with E-state index in [2.05, 4.69) is 32.2 Å². The normalized spacial score (nSPS) is 14.9. The zero-order valence-corrected chi connectivity index (χ0v) is 18.8. The van der Waals surface area contributed by atoms with Gasteiger partial charge in [-0.3, -0.25) is 14.7 Å². The minimum atomic E-state index is 0.0236. The molecule has 2 aromatic heterocycles. The van der Waals surface area contributed by atoms with Crippen LogP contribution < -0.4 is 0 Å². The van der Waals surface area contributed by atoms with Crippen LogP contribution >= 0.6 is 0 Å². The molecule has 1 aliphatic rings. The number of fused-ring (bicyclic) bond motifs is 1. The third-order valence-corrected chi connectivity index (χ3v) is 6.14. The van der Waals surface area contributed by atoms with Crippen molar-refractivity contribution in [1.29, 1.82) is 0 Å². The van der Waals surface area contributed by atoms with Crippen LogP contribution in [-0.2, 0) is 6.54 Å². The number of hydrogen-bond acceptors (Lipinski definition) is 5. The van der Waals surface area contributed by atoms with Crippen LogP contribution in [0, 0.1) is 6.92 Å². The fourth-order valence-corrected chi connectivity index (χ4v) is 4.48. The molecule has 1 amide bonds. The van der Waals surface area contributed by atoms with Gasteiger partial charge in [-0.15, -0.1) is 10.2 Å². The number of carbonyl (C=O) groups excluding carboxylic acids is 1. The second kappa shape index (κ2) is 9.46. The van der Waals surface area contributed by atoms with Gasteiger partial charge in [-0.25, -0.2) is 0 Å². The molecule has 6 nitrogen and oxygen atoms in total. The number of pyridine rings is 1. The van der Waals surface area contributed by atoms with Gasteiger partial charge < -0.3 is 4.90 Å². The van der Waals surface area contributed by atoms with Crippen LogP contribution in [0.3, 0.4) is 0 Å². The van der Waals surface area contributed by atoms with E-state index in [-0.39, 0.29) is 5.91 Å². The van der Waals surface area contributed by atoms with Crippen molar-refractivity contribution in [3.63, 3.8) is 0 Å². The molecule has 0 bridgehead atoms. The summed E-state index contributed by atoms with van der Waals surface area (Å²) in [7, 11) is 0. The van der Waals surface area contributed by atoms with Crippen molar-refractivity contribution in [3.05, 3.63) is 89.7 Å². The Morgan fingerprint density at radius 1 is 0.848 bits per heavy atom. The summed E-state index contributed by atoms with van der Waals surface area (Å²) in [5.41, 5.74) is 5.03. The molecule has 1 saturated heterocycles. The van der Waals surface area contributed by atoms with Gasteiger partial charge in [0, 0.05) is 49.4 Å². The van der Waals surface area contributed by atoms with Crippen molar-refractivity contribution >= 4 is 16.8 Å². The average molecular weight is 438 g/mol. The summed E-state index contributed by atoms with van der Waals surface area (Å²) >= 11 is 0. The lowest BCUT2D eigenvalue weighted by molar-refractivity contribution is 0.0763. The topological polar surface area (TPSA) is 62.2 Å². The summed E-state index contributed by atoms with van der Waals surface area (Å²) < 4.78 is 0. The molecule has 0 aliphatic carbocycles. The van der Waals surface area contributed by atoms with Gasteiger partial charge in [0.1, 0.15) is 5.69 Å². The number of aryl methyl sites for hydroxylation is 1. The monoisotopic (exact) mass is 437 g/mol. The van der Waals surface area contributed by atoms with Gasteiger partial charge in [-0.05, 0) is 31.5 Å². The molecule has 6 heteroatoms. The zero-order valence-electron chi connectivity index (χ0n) is 18.8. The molecule has 0 spiro atoms. The van der Waals surface area contributed by atoms with E-state index in [1.165, 1.54) is 0 Å². The predicted molar refractivity (Wildman–Crippen MR) is 130 cm³/mol. The number of amides is 1. The first-order chi connectivity index (χ1) is 16.2. The Morgan fingerprint density at radius 3 is 2.52 bits per heavy atom. The maximum absolute atomic E-state index is 13.9. The summed E-state index contributed by atoms with van der Waals surface area (Å²) in [6.45, 7) is 5.98. The summed E-state index contributed by atoms with van der Waals surface area (Å²) in [4.78, 5) is 22.9. The Morgan fingerprint density at radius 2 is 1.67 bits per heavy atom. The molecule has 0 radical (unpaired) electrons. The van der Waals surface area contributed by atoms with E-state index in [9.17, 15) is 4.79 Å². The fourth-order valence-electron chi connectivity index (χ4n) is 4.48. The summed E-state index contributed by atoms with van der Waals surface area (Å²) in [5, 5.41) is 9.72. The number of aromatic nitrogens is 3. The van der Waals surface area contributed by atoms with Crippen molar-refractivity contribution in [1.82, 2.24) is 25.0 Å². The Kier molecular flexibility index (Phi) is 6.09. The molecule has 0 atom stereocenters. The number of carbonyl (C=O) groups is 1. The molecular formula is C27H27N5O. The molecule has 166 valence electrons.